The third-order valence-electron chi connectivity index (χ3n) is 2.68. The van der Waals surface area contributed by atoms with E-state index in [9.17, 15) is 4.79 Å². The molecule has 1 aliphatic rings. The summed E-state index contributed by atoms with van der Waals surface area (Å²) in [5, 5.41) is 3.26. The van der Waals surface area contributed by atoms with Crippen LogP contribution in [-0.2, 0) is 4.74 Å². The van der Waals surface area contributed by atoms with Crippen molar-refractivity contribution >= 4 is 49.1 Å². The molecular weight excluding hydrogens is 384 g/mol. The van der Waals surface area contributed by atoms with Crippen molar-refractivity contribution in [3.63, 3.8) is 0 Å². The van der Waals surface area contributed by atoms with Crippen molar-refractivity contribution in [2.24, 2.45) is 0 Å². The van der Waals surface area contributed by atoms with E-state index in [-0.39, 0.29) is 12.0 Å². The molecule has 1 aromatic rings. The van der Waals surface area contributed by atoms with Gasteiger partial charge in [-0.2, -0.15) is 0 Å². The molecule has 1 aromatic heterocycles. The topological polar surface area (TPSA) is 41.6 Å². The Bertz CT molecular complexity index is 413. The summed E-state index contributed by atoms with van der Waals surface area (Å²) in [6.07, 6.45) is 0.0829. The second-order valence-corrected chi connectivity index (χ2v) is 7.34. The third kappa shape index (κ3) is 3.54. The van der Waals surface area contributed by atoms with Gasteiger partial charge in [-0.3, -0.25) is 4.79 Å². The van der Waals surface area contributed by atoms with Crippen molar-refractivity contribution in [1.29, 1.82) is 0 Å². The van der Waals surface area contributed by atoms with Gasteiger partial charge < -0.3 is 15.0 Å². The van der Waals surface area contributed by atoms with E-state index < -0.39 is 0 Å². The molecule has 7 heteroatoms. The minimum Gasteiger partial charge on any atom is -0.374 e. The van der Waals surface area contributed by atoms with Crippen LogP contribution < -0.4 is 5.32 Å². The standard InChI is InChI=1S/C11H14Br2N2O2S/c1-15(6-7-5-14-2-3-17-7)11(16)9-4-8(12)10(13)18-9/h4,7,14H,2-3,5-6H2,1H3. The highest BCUT2D eigenvalue weighted by molar-refractivity contribution is 9.13. The van der Waals surface area contributed by atoms with E-state index in [0.717, 1.165) is 26.2 Å². The molecule has 1 fully saturated rings. The molecule has 1 saturated heterocycles. The van der Waals surface area contributed by atoms with Gasteiger partial charge in [-0.15, -0.1) is 11.3 Å². The van der Waals surface area contributed by atoms with Gasteiger partial charge in [0.15, 0.2) is 0 Å². The van der Waals surface area contributed by atoms with E-state index in [0.29, 0.717) is 13.2 Å². The fraction of sp³-hybridized carbons (Fsp3) is 0.545. The number of nitrogens with one attached hydrogen (secondary N) is 1. The quantitative estimate of drug-likeness (QED) is 0.850. The van der Waals surface area contributed by atoms with E-state index in [1.165, 1.54) is 11.3 Å². The molecule has 1 amide bonds. The molecule has 2 heterocycles. The van der Waals surface area contributed by atoms with Gasteiger partial charge in [0.25, 0.3) is 5.91 Å². The average molecular weight is 398 g/mol. The van der Waals surface area contributed by atoms with Crippen LogP contribution in [0.15, 0.2) is 14.3 Å². The van der Waals surface area contributed by atoms with Gasteiger partial charge in [0.05, 0.1) is 21.4 Å². The SMILES string of the molecule is CN(CC1CNCCO1)C(=O)c1cc(Br)c(Br)s1. The maximum absolute atomic E-state index is 12.2. The molecule has 1 N–H and O–H groups in total. The third-order valence-corrected chi connectivity index (χ3v) is 5.93. The van der Waals surface area contributed by atoms with Crippen LogP contribution in [0.5, 0.6) is 0 Å². The molecule has 1 atom stereocenters. The minimum absolute atomic E-state index is 0.0283. The average Bonchev–Trinajstić information content (AvgIpc) is 2.70. The molecular formula is C11H14Br2N2O2S. The molecule has 1 aliphatic heterocycles. The molecule has 4 nitrogen and oxygen atoms in total. The van der Waals surface area contributed by atoms with Crippen LogP contribution in [-0.4, -0.2) is 50.2 Å². The first-order valence-electron chi connectivity index (χ1n) is 5.60. The van der Waals surface area contributed by atoms with Crippen LogP contribution >= 0.6 is 43.2 Å². The fourth-order valence-electron chi connectivity index (χ4n) is 1.77. The zero-order valence-electron chi connectivity index (χ0n) is 9.91. The summed E-state index contributed by atoms with van der Waals surface area (Å²) in [5.74, 6) is 0.0283. The number of rotatable bonds is 3. The molecule has 0 radical (unpaired) electrons. The zero-order chi connectivity index (χ0) is 13.1. The Morgan fingerprint density at radius 2 is 2.44 bits per heavy atom. The highest BCUT2D eigenvalue weighted by atomic mass is 79.9. The Balaban J connectivity index is 1.95. The van der Waals surface area contributed by atoms with Crippen molar-refractivity contribution in [2.75, 3.05) is 33.3 Å². The maximum Gasteiger partial charge on any atom is 0.263 e. The first kappa shape index (κ1) is 14.5. The van der Waals surface area contributed by atoms with E-state index in [1.807, 2.05) is 13.1 Å². The molecule has 1 unspecified atom stereocenters. The van der Waals surface area contributed by atoms with E-state index in [2.05, 4.69) is 37.2 Å². The van der Waals surface area contributed by atoms with Crippen molar-refractivity contribution < 1.29 is 9.53 Å². The molecule has 100 valence electrons. The molecule has 0 spiro atoms. The summed E-state index contributed by atoms with van der Waals surface area (Å²) in [4.78, 5) is 14.6. The first-order chi connectivity index (χ1) is 8.58. The Hall–Kier alpha value is 0.0500. The highest BCUT2D eigenvalue weighted by Gasteiger charge is 2.21. The van der Waals surface area contributed by atoms with Gasteiger partial charge in [-0.25, -0.2) is 0 Å². The van der Waals surface area contributed by atoms with Gasteiger partial charge in [0.1, 0.15) is 0 Å². The zero-order valence-corrected chi connectivity index (χ0v) is 13.9. The summed E-state index contributed by atoms with van der Waals surface area (Å²) in [6, 6.07) is 1.84. The first-order valence-corrected chi connectivity index (χ1v) is 8.01. The molecule has 0 aromatic carbocycles. The van der Waals surface area contributed by atoms with Crippen LogP contribution in [0.4, 0.5) is 0 Å². The van der Waals surface area contributed by atoms with Crippen molar-refractivity contribution in [3.05, 3.63) is 19.2 Å². The summed E-state index contributed by atoms with van der Waals surface area (Å²) < 4.78 is 7.45. The number of hydrogen-bond acceptors (Lipinski definition) is 4. The number of morpholine rings is 1. The lowest BCUT2D eigenvalue weighted by atomic mass is 10.3. The maximum atomic E-state index is 12.2. The number of amides is 1. The summed E-state index contributed by atoms with van der Waals surface area (Å²) in [5.41, 5.74) is 0. The number of likely N-dealkylation sites (N-methyl/N-ethyl adjacent to an activating group) is 1. The van der Waals surface area contributed by atoms with Crippen molar-refractivity contribution in [1.82, 2.24) is 10.2 Å². The number of halogens is 2. The lowest BCUT2D eigenvalue weighted by Gasteiger charge is -2.27. The van der Waals surface area contributed by atoms with Crippen LogP contribution in [0.1, 0.15) is 9.67 Å². The van der Waals surface area contributed by atoms with Gasteiger partial charge in [-0.05, 0) is 37.9 Å². The fourth-order valence-corrected chi connectivity index (χ4v) is 3.80. The van der Waals surface area contributed by atoms with Crippen LogP contribution in [0.25, 0.3) is 0 Å². The smallest absolute Gasteiger partial charge is 0.263 e. The predicted molar refractivity (Wildman–Crippen MR) is 79.3 cm³/mol. The van der Waals surface area contributed by atoms with Gasteiger partial charge in [0, 0.05) is 31.2 Å². The van der Waals surface area contributed by atoms with Crippen molar-refractivity contribution in [2.45, 2.75) is 6.10 Å². The summed E-state index contributed by atoms with van der Waals surface area (Å²) in [6.45, 7) is 3.01. The van der Waals surface area contributed by atoms with Gasteiger partial charge >= 0.3 is 0 Å². The number of carbonyl (C=O) groups is 1. The van der Waals surface area contributed by atoms with E-state index >= 15 is 0 Å². The summed E-state index contributed by atoms with van der Waals surface area (Å²) in [7, 11) is 1.81. The number of hydrogen-bond donors (Lipinski definition) is 1. The molecule has 0 aliphatic carbocycles. The van der Waals surface area contributed by atoms with Crippen LogP contribution in [0, 0.1) is 0 Å². The van der Waals surface area contributed by atoms with Crippen LogP contribution in [0.2, 0.25) is 0 Å². The summed E-state index contributed by atoms with van der Waals surface area (Å²) >= 11 is 8.22. The predicted octanol–water partition coefficient (Wildman–Crippen LogP) is 2.33. The van der Waals surface area contributed by atoms with E-state index in [4.69, 9.17) is 4.74 Å². The Kier molecular flexibility index (Phi) is 5.20. The Morgan fingerprint density at radius 3 is 3.00 bits per heavy atom. The normalized spacial score (nSPS) is 19.8. The number of carbonyl (C=O) groups excluding carboxylic acids is 1. The Labute approximate surface area is 127 Å². The van der Waals surface area contributed by atoms with E-state index in [1.54, 1.807) is 4.90 Å². The molecule has 0 saturated carbocycles. The Morgan fingerprint density at radius 1 is 1.67 bits per heavy atom. The lowest BCUT2D eigenvalue weighted by Crippen LogP contribution is -2.45. The largest absolute Gasteiger partial charge is 0.374 e. The lowest BCUT2D eigenvalue weighted by molar-refractivity contribution is 0.0105. The van der Waals surface area contributed by atoms with Crippen molar-refractivity contribution in [3.8, 4) is 0 Å². The number of nitrogens with zero attached hydrogens (tertiary/aromatic N) is 1. The molecule has 0 bridgehead atoms. The number of thiophene rings is 1. The monoisotopic (exact) mass is 396 g/mol. The molecule has 18 heavy (non-hydrogen) atoms. The highest BCUT2D eigenvalue weighted by Crippen LogP contribution is 2.32. The van der Waals surface area contributed by atoms with Gasteiger partial charge in [-0.1, -0.05) is 0 Å². The molecule has 2 rings (SSSR count). The number of ether oxygens (including phenoxy) is 1. The van der Waals surface area contributed by atoms with Crippen LogP contribution in [0.3, 0.4) is 0 Å². The second-order valence-electron chi connectivity index (χ2n) is 4.11. The second kappa shape index (κ2) is 6.47. The van der Waals surface area contributed by atoms with Gasteiger partial charge in [0.2, 0.25) is 0 Å². The minimum atomic E-state index is 0.0283.